The monoisotopic (exact) mass is 500 g/mol. The Kier molecular flexibility index (Phi) is 6.95. The molecule has 2 aromatic carbocycles. The topological polar surface area (TPSA) is 124 Å². The van der Waals surface area contributed by atoms with Crippen molar-refractivity contribution in [3.8, 4) is 17.2 Å². The molecule has 4 rings (SSSR count). The Bertz CT molecular complexity index is 1400. The molecule has 0 fully saturated rings. The van der Waals surface area contributed by atoms with E-state index >= 15 is 0 Å². The molecule has 2 heterocycles. The lowest BCUT2D eigenvalue weighted by atomic mass is 10.1. The maximum Gasteiger partial charge on any atom is 0.433 e. The zero-order valence-electron chi connectivity index (χ0n) is 19.4. The summed E-state index contributed by atoms with van der Waals surface area (Å²) in [6.45, 7) is 1.73. The van der Waals surface area contributed by atoms with Crippen LogP contribution in [0.25, 0.3) is 22.4 Å². The number of oxazole rings is 1. The number of carbonyl (C=O) groups excluding carboxylic acids is 1. The Morgan fingerprint density at radius 1 is 1.11 bits per heavy atom. The first-order valence-electron chi connectivity index (χ1n) is 10.9. The highest BCUT2D eigenvalue weighted by atomic mass is 19.4. The molecule has 8 nitrogen and oxygen atoms in total. The van der Waals surface area contributed by atoms with Crippen molar-refractivity contribution < 1.29 is 32.2 Å². The number of halogens is 3. The van der Waals surface area contributed by atoms with Gasteiger partial charge in [0.25, 0.3) is 5.91 Å². The van der Waals surface area contributed by atoms with Crippen LogP contribution in [0.3, 0.4) is 0 Å². The van der Waals surface area contributed by atoms with Gasteiger partial charge >= 0.3 is 6.18 Å². The van der Waals surface area contributed by atoms with E-state index in [2.05, 4.69) is 15.3 Å². The summed E-state index contributed by atoms with van der Waals surface area (Å²) in [5.41, 5.74) is 6.76. The number of aliphatic hydroxyl groups is 1. The van der Waals surface area contributed by atoms with Crippen LogP contribution in [0.1, 0.15) is 46.0 Å². The van der Waals surface area contributed by atoms with E-state index in [0.717, 1.165) is 17.2 Å². The number of fused-ring (bicyclic) bond motifs is 1. The Hall–Kier alpha value is -3.96. The fraction of sp³-hybridized carbons (Fsp3) is 0.240. The molecule has 1 amide bonds. The molecule has 0 aliphatic heterocycles. The molecule has 0 bridgehead atoms. The van der Waals surface area contributed by atoms with E-state index < -0.39 is 23.8 Å². The summed E-state index contributed by atoms with van der Waals surface area (Å²) in [7, 11) is 1.33. The zero-order valence-corrected chi connectivity index (χ0v) is 19.4. The Morgan fingerprint density at radius 2 is 1.81 bits per heavy atom. The van der Waals surface area contributed by atoms with Gasteiger partial charge in [-0.25, -0.2) is 9.97 Å². The number of nitrogens with one attached hydrogen (secondary N) is 1. The average Bonchev–Trinajstić information content (AvgIpc) is 3.32. The number of pyridine rings is 1. The molecule has 0 saturated carbocycles. The van der Waals surface area contributed by atoms with Crippen molar-refractivity contribution in [2.75, 3.05) is 7.11 Å². The van der Waals surface area contributed by atoms with Crippen LogP contribution in [0.4, 0.5) is 13.2 Å². The second-order valence-corrected chi connectivity index (χ2v) is 8.08. The van der Waals surface area contributed by atoms with Gasteiger partial charge in [-0.3, -0.25) is 4.79 Å². The van der Waals surface area contributed by atoms with E-state index in [1.807, 2.05) is 0 Å². The zero-order chi connectivity index (χ0) is 26.0. The highest BCUT2D eigenvalue weighted by molar-refractivity contribution is 5.98. The largest absolute Gasteiger partial charge is 0.494 e. The molecule has 0 saturated heterocycles. The molecule has 2 aromatic heterocycles. The standard InChI is InChI=1S/C25H23F3N4O4/c1-13(29)22-21(23(34)30-11-14-3-5-15(12-33)6-4-14)32-24(36-22)17-7-9-18(35-2)20-16(17)8-10-19(31-20)25(26,27)28/h3-10,13,33H,11-12,29H2,1-2H3,(H,30,34)/t13-/m0/s1. The number of hydrogen-bond acceptors (Lipinski definition) is 7. The maximum atomic E-state index is 13.2. The van der Waals surface area contributed by atoms with Gasteiger partial charge in [0.1, 0.15) is 17.0 Å². The first-order chi connectivity index (χ1) is 17.1. The Balaban J connectivity index is 1.70. The number of hydrogen-bond donors (Lipinski definition) is 3. The number of amides is 1. The second kappa shape index (κ2) is 9.96. The Morgan fingerprint density at radius 3 is 2.42 bits per heavy atom. The molecule has 188 valence electrons. The highest BCUT2D eigenvalue weighted by Gasteiger charge is 2.33. The third kappa shape index (κ3) is 5.02. The summed E-state index contributed by atoms with van der Waals surface area (Å²) in [5, 5.41) is 12.2. The minimum atomic E-state index is -4.63. The van der Waals surface area contributed by atoms with E-state index in [0.29, 0.717) is 10.9 Å². The van der Waals surface area contributed by atoms with Crippen LogP contribution in [0.15, 0.2) is 52.9 Å². The van der Waals surface area contributed by atoms with Crippen molar-refractivity contribution in [3.63, 3.8) is 0 Å². The van der Waals surface area contributed by atoms with Crippen molar-refractivity contribution in [1.29, 1.82) is 0 Å². The lowest BCUT2D eigenvalue weighted by Crippen LogP contribution is -2.25. The third-order valence-corrected chi connectivity index (χ3v) is 5.50. The number of nitrogens with zero attached hydrogens (tertiary/aromatic N) is 2. The first-order valence-corrected chi connectivity index (χ1v) is 10.9. The number of alkyl halides is 3. The fourth-order valence-electron chi connectivity index (χ4n) is 3.65. The predicted molar refractivity (Wildman–Crippen MR) is 125 cm³/mol. The van der Waals surface area contributed by atoms with Gasteiger partial charge in [-0.1, -0.05) is 24.3 Å². The number of nitrogens with two attached hydrogens (primary N) is 1. The molecule has 1 atom stereocenters. The molecule has 0 spiro atoms. The minimum Gasteiger partial charge on any atom is -0.494 e. The molecule has 0 aliphatic carbocycles. The van der Waals surface area contributed by atoms with Crippen LogP contribution in [0, 0.1) is 0 Å². The normalized spacial score (nSPS) is 12.5. The van der Waals surface area contributed by atoms with E-state index in [9.17, 15) is 18.0 Å². The highest BCUT2D eigenvalue weighted by Crippen LogP contribution is 2.37. The minimum absolute atomic E-state index is 0.00830. The summed E-state index contributed by atoms with van der Waals surface area (Å²) < 4.78 is 50.7. The van der Waals surface area contributed by atoms with Crippen molar-refractivity contribution in [2.45, 2.75) is 32.3 Å². The third-order valence-electron chi connectivity index (χ3n) is 5.50. The number of ether oxygens (including phenoxy) is 1. The van der Waals surface area contributed by atoms with E-state index in [1.165, 1.54) is 19.2 Å². The van der Waals surface area contributed by atoms with Crippen LogP contribution in [0.2, 0.25) is 0 Å². The van der Waals surface area contributed by atoms with E-state index in [-0.39, 0.29) is 41.8 Å². The number of benzene rings is 2. The van der Waals surface area contributed by atoms with Crippen LogP contribution < -0.4 is 15.8 Å². The fourth-order valence-corrected chi connectivity index (χ4v) is 3.65. The summed E-state index contributed by atoms with van der Waals surface area (Å²) in [5.74, 6) is -0.251. The maximum absolute atomic E-state index is 13.2. The molecular formula is C25H23F3N4O4. The molecule has 0 radical (unpaired) electrons. The molecule has 4 N–H and O–H groups in total. The number of aliphatic hydroxyl groups excluding tert-OH is 1. The van der Waals surface area contributed by atoms with E-state index in [1.54, 1.807) is 37.3 Å². The van der Waals surface area contributed by atoms with E-state index in [4.69, 9.17) is 20.0 Å². The Labute approximate surface area is 203 Å². The molecule has 36 heavy (non-hydrogen) atoms. The molecular weight excluding hydrogens is 477 g/mol. The van der Waals surface area contributed by atoms with Gasteiger partial charge in [0.15, 0.2) is 11.5 Å². The lowest BCUT2D eigenvalue weighted by molar-refractivity contribution is -0.140. The van der Waals surface area contributed by atoms with Crippen molar-refractivity contribution in [1.82, 2.24) is 15.3 Å². The summed E-state index contributed by atoms with van der Waals surface area (Å²) in [4.78, 5) is 21.0. The van der Waals surface area contributed by atoms with Crippen LogP contribution in [-0.2, 0) is 19.3 Å². The number of aromatic nitrogens is 2. The number of methoxy groups -OCH3 is 1. The predicted octanol–water partition coefficient (Wildman–Crippen LogP) is 4.36. The van der Waals surface area contributed by atoms with Gasteiger partial charge in [0.2, 0.25) is 5.89 Å². The smallest absolute Gasteiger partial charge is 0.433 e. The number of carbonyl (C=O) groups is 1. The van der Waals surface area contributed by atoms with Crippen LogP contribution in [0.5, 0.6) is 5.75 Å². The molecule has 0 unspecified atom stereocenters. The van der Waals surface area contributed by atoms with Crippen molar-refractivity contribution >= 4 is 16.8 Å². The summed E-state index contributed by atoms with van der Waals surface area (Å²) in [6.07, 6.45) is -4.63. The van der Waals surface area contributed by atoms with Gasteiger partial charge in [-0.2, -0.15) is 13.2 Å². The average molecular weight is 500 g/mol. The van der Waals surface area contributed by atoms with Gasteiger partial charge < -0.3 is 25.3 Å². The molecule has 11 heteroatoms. The summed E-state index contributed by atoms with van der Waals surface area (Å²) in [6, 6.07) is 11.5. The molecule has 4 aromatic rings. The molecule has 0 aliphatic rings. The van der Waals surface area contributed by atoms with Gasteiger partial charge in [-0.15, -0.1) is 0 Å². The van der Waals surface area contributed by atoms with Gasteiger partial charge in [-0.05, 0) is 42.3 Å². The van der Waals surface area contributed by atoms with Gasteiger partial charge in [0.05, 0.1) is 19.8 Å². The van der Waals surface area contributed by atoms with Crippen LogP contribution >= 0.6 is 0 Å². The number of rotatable bonds is 7. The van der Waals surface area contributed by atoms with Crippen molar-refractivity contribution in [2.24, 2.45) is 5.73 Å². The second-order valence-electron chi connectivity index (χ2n) is 8.08. The van der Waals surface area contributed by atoms with Crippen LogP contribution in [-0.4, -0.2) is 28.1 Å². The quantitative estimate of drug-likeness (QED) is 0.345. The summed E-state index contributed by atoms with van der Waals surface area (Å²) >= 11 is 0. The first kappa shape index (κ1) is 25.1. The SMILES string of the molecule is COc1ccc(-c2nc(C(=O)NCc3ccc(CO)cc3)c([C@H](C)N)o2)c2ccc(C(F)(F)F)nc12. The lowest BCUT2D eigenvalue weighted by Gasteiger charge is -2.11. The van der Waals surface area contributed by atoms with Crippen molar-refractivity contribution in [3.05, 3.63) is 76.8 Å². The van der Waals surface area contributed by atoms with Gasteiger partial charge in [0, 0.05) is 17.5 Å².